The van der Waals surface area contributed by atoms with Crippen molar-refractivity contribution < 1.29 is 17.7 Å². The number of nitro groups is 1. The maximum atomic E-state index is 13.1. The molecule has 1 aromatic rings. The maximum absolute atomic E-state index is 13.1. The summed E-state index contributed by atoms with van der Waals surface area (Å²) in [5, 5.41) is 10.5. The fourth-order valence-corrected chi connectivity index (χ4v) is 2.56. The Labute approximate surface area is 104 Å². The second kappa shape index (κ2) is 5.40. The van der Waals surface area contributed by atoms with E-state index in [-0.39, 0.29) is 10.9 Å². The van der Waals surface area contributed by atoms with Crippen LogP contribution in [-0.2, 0) is 10.0 Å². The molecule has 0 bridgehead atoms. The van der Waals surface area contributed by atoms with E-state index in [0.29, 0.717) is 12.5 Å². The molecule has 6 nitrogen and oxygen atoms in total. The molecule has 0 unspecified atom stereocenters. The van der Waals surface area contributed by atoms with E-state index < -0.39 is 26.5 Å². The molecule has 0 radical (unpaired) electrons. The zero-order chi connectivity index (χ0) is 13.9. The summed E-state index contributed by atoms with van der Waals surface area (Å²) in [6.07, 6.45) is 0.572. The van der Waals surface area contributed by atoms with Crippen LogP contribution in [0.25, 0.3) is 0 Å². The first-order valence-corrected chi connectivity index (χ1v) is 6.72. The second-order valence-electron chi connectivity index (χ2n) is 3.80. The predicted octanol–water partition coefficient (Wildman–Crippen LogP) is 1.81. The Bertz CT molecular complexity index is 559. The van der Waals surface area contributed by atoms with Gasteiger partial charge in [0.1, 0.15) is 0 Å². The van der Waals surface area contributed by atoms with E-state index in [1.807, 2.05) is 0 Å². The molecule has 0 fully saturated rings. The van der Waals surface area contributed by atoms with Crippen LogP contribution in [0.3, 0.4) is 0 Å². The van der Waals surface area contributed by atoms with Gasteiger partial charge in [0.15, 0.2) is 0 Å². The number of sulfonamides is 1. The highest BCUT2D eigenvalue weighted by Gasteiger charge is 2.22. The van der Waals surface area contributed by atoms with Gasteiger partial charge in [0, 0.05) is 12.1 Å². The molecular weight excluding hydrogens is 263 g/mol. The van der Waals surface area contributed by atoms with Gasteiger partial charge < -0.3 is 0 Å². The number of halogens is 1. The molecule has 1 rings (SSSR count). The van der Waals surface area contributed by atoms with Gasteiger partial charge in [-0.2, -0.15) is 4.39 Å². The zero-order valence-corrected chi connectivity index (χ0v) is 10.7. The van der Waals surface area contributed by atoms with Crippen LogP contribution in [-0.4, -0.2) is 19.4 Å². The minimum atomic E-state index is -3.87. The first-order chi connectivity index (χ1) is 8.27. The molecule has 0 aliphatic heterocycles. The molecule has 8 heteroatoms. The normalized spacial score (nSPS) is 13.3. The number of rotatable bonds is 5. The molecule has 0 aromatic heterocycles. The van der Waals surface area contributed by atoms with Crippen molar-refractivity contribution in [2.75, 3.05) is 0 Å². The third-order valence-electron chi connectivity index (χ3n) is 2.39. The van der Waals surface area contributed by atoms with Gasteiger partial charge in [0.2, 0.25) is 15.8 Å². The van der Waals surface area contributed by atoms with E-state index in [4.69, 9.17) is 0 Å². The molecule has 1 aromatic carbocycles. The van der Waals surface area contributed by atoms with Crippen molar-refractivity contribution in [3.05, 3.63) is 34.1 Å². The molecule has 1 N–H and O–H groups in total. The fourth-order valence-electron chi connectivity index (χ4n) is 1.22. The average Bonchev–Trinajstić information content (AvgIpc) is 2.28. The highest BCUT2D eigenvalue weighted by molar-refractivity contribution is 7.89. The van der Waals surface area contributed by atoms with Gasteiger partial charge in [-0.25, -0.2) is 13.1 Å². The van der Waals surface area contributed by atoms with Crippen molar-refractivity contribution in [1.82, 2.24) is 4.72 Å². The Morgan fingerprint density at radius 2 is 2.11 bits per heavy atom. The lowest BCUT2D eigenvalue weighted by molar-refractivity contribution is -0.387. The number of benzene rings is 1. The highest BCUT2D eigenvalue weighted by Crippen LogP contribution is 2.21. The van der Waals surface area contributed by atoms with E-state index >= 15 is 0 Å². The van der Waals surface area contributed by atoms with E-state index in [9.17, 15) is 22.9 Å². The number of nitrogens with one attached hydrogen (secondary N) is 1. The summed E-state index contributed by atoms with van der Waals surface area (Å²) in [5.74, 6) is -1.07. The number of hydrogen-bond acceptors (Lipinski definition) is 4. The van der Waals surface area contributed by atoms with Gasteiger partial charge in [-0.1, -0.05) is 6.92 Å². The van der Waals surface area contributed by atoms with Crippen molar-refractivity contribution in [2.24, 2.45) is 0 Å². The Hall–Kier alpha value is -1.54. The number of nitrogens with zero attached hydrogens (tertiary/aromatic N) is 1. The van der Waals surface area contributed by atoms with Gasteiger partial charge in [-0.05, 0) is 25.5 Å². The molecule has 18 heavy (non-hydrogen) atoms. The lowest BCUT2D eigenvalue weighted by Gasteiger charge is -2.11. The summed E-state index contributed by atoms with van der Waals surface area (Å²) in [6.45, 7) is 3.45. The molecule has 0 amide bonds. The van der Waals surface area contributed by atoms with Crippen LogP contribution in [0.4, 0.5) is 10.1 Å². The SMILES string of the molecule is CC[C@H](C)NS(=O)(=O)c1ccc(F)c([N+](=O)[O-])c1. The van der Waals surface area contributed by atoms with Crippen LogP contribution >= 0.6 is 0 Å². The van der Waals surface area contributed by atoms with Crippen molar-refractivity contribution in [2.45, 2.75) is 31.2 Å². The molecule has 0 heterocycles. The van der Waals surface area contributed by atoms with Gasteiger partial charge in [-0.15, -0.1) is 0 Å². The quantitative estimate of drug-likeness (QED) is 0.656. The lowest BCUT2D eigenvalue weighted by Crippen LogP contribution is -2.32. The summed E-state index contributed by atoms with van der Waals surface area (Å²) in [5.41, 5.74) is -0.859. The average molecular weight is 276 g/mol. The van der Waals surface area contributed by atoms with Gasteiger partial charge in [0.25, 0.3) is 0 Å². The first-order valence-electron chi connectivity index (χ1n) is 5.24. The van der Waals surface area contributed by atoms with Crippen LogP contribution < -0.4 is 4.72 Å². The summed E-state index contributed by atoms with van der Waals surface area (Å²) < 4.78 is 39.1. The van der Waals surface area contributed by atoms with Crippen LogP contribution in [0.5, 0.6) is 0 Å². The smallest absolute Gasteiger partial charge is 0.258 e. The third-order valence-corrected chi connectivity index (χ3v) is 3.98. The minimum absolute atomic E-state index is 0.306. The molecule has 0 spiro atoms. The summed E-state index contributed by atoms with van der Waals surface area (Å²) in [7, 11) is -3.87. The third kappa shape index (κ3) is 3.23. The highest BCUT2D eigenvalue weighted by atomic mass is 32.2. The Kier molecular flexibility index (Phi) is 4.36. The van der Waals surface area contributed by atoms with Crippen LogP contribution in [0, 0.1) is 15.9 Å². The fraction of sp³-hybridized carbons (Fsp3) is 0.400. The predicted molar refractivity (Wildman–Crippen MR) is 63.1 cm³/mol. The Morgan fingerprint density at radius 3 is 2.61 bits per heavy atom. The van der Waals surface area contributed by atoms with Crippen molar-refractivity contribution in [1.29, 1.82) is 0 Å². The molecular formula is C10H13FN2O4S. The molecule has 100 valence electrons. The molecule has 1 atom stereocenters. The van der Waals surface area contributed by atoms with Gasteiger partial charge in [-0.3, -0.25) is 10.1 Å². The number of nitro benzene ring substituents is 1. The van der Waals surface area contributed by atoms with Crippen LogP contribution in [0.15, 0.2) is 23.1 Å². The second-order valence-corrected chi connectivity index (χ2v) is 5.51. The first kappa shape index (κ1) is 14.5. The maximum Gasteiger partial charge on any atom is 0.306 e. The molecule has 0 aliphatic rings. The van der Waals surface area contributed by atoms with Crippen molar-refractivity contribution >= 4 is 15.7 Å². The summed E-state index contributed by atoms with van der Waals surface area (Å²) in [4.78, 5) is 9.25. The van der Waals surface area contributed by atoms with Crippen LogP contribution in [0.1, 0.15) is 20.3 Å². The van der Waals surface area contributed by atoms with E-state index in [2.05, 4.69) is 4.72 Å². The van der Waals surface area contributed by atoms with Crippen molar-refractivity contribution in [3.63, 3.8) is 0 Å². The largest absolute Gasteiger partial charge is 0.306 e. The Balaban J connectivity index is 3.18. The zero-order valence-electron chi connectivity index (χ0n) is 9.88. The van der Waals surface area contributed by atoms with Crippen LogP contribution in [0.2, 0.25) is 0 Å². The minimum Gasteiger partial charge on any atom is -0.258 e. The molecule has 0 saturated carbocycles. The summed E-state index contributed by atoms with van der Waals surface area (Å²) >= 11 is 0. The Morgan fingerprint density at radius 1 is 1.50 bits per heavy atom. The number of hydrogen-bond donors (Lipinski definition) is 1. The summed E-state index contributed by atoms with van der Waals surface area (Å²) in [6, 6.07) is 2.16. The van der Waals surface area contributed by atoms with E-state index in [0.717, 1.165) is 12.1 Å². The molecule has 0 saturated heterocycles. The van der Waals surface area contributed by atoms with Crippen molar-refractivity contribution in [3.8, 4) is 0 Å². The lowest BCUT2D eigenvalue weighted by atomic mass is 10.3. The van der Waals surface area contributed by atoms with Gasteiger partial charge in [0.05, 0.1) is 9.82 Å². The van der Waals surface area contributed by atoms with E-state index in [1.165, 1.54) is 0 Å². The monoisotopic (exact) mass is 276 g/mol. The molecule has 0 aliphatic carbocycles. The van der Waals surface area contributed by atoms with E-state index in [1.54, 1.807) is 13.8 Å². The van der Waals surface area contributed by atoms with Gasteiger partial charge >= 0.3 is 5.69 Å². The topological polar surface area (TPSA) is 89.3 Å². The standard InChI is InChI=1S/C10H13FN2O4S/c1-3-7(2)12-18(16,17)8-4-5-9(11)10(6-8)13(14)15/h4-7,12H,3H2,1-2H3/t7-/m0/s1.